The van der Waals surface area contributed by atoms with Crippen LogP contribution in [-0.4, -0.2) is 30.6 Å². The van der Waals surface area contributed by atoms with E-state index in [2.05, 4.69) is 10.3 Å². The standard InChI is InChI=1S/C17H20N2O3/c20-16(15-10-13-14(22-15)2-1-7-18-13)19-11-12-3-4-17(12)5-8-21-9-6-17/h1-2,7,10,12H,3-6,8-9,11H2,(H,19,20). The fraction of sp³-hybridized carbons (Fsp3) is 0.529. The van der Waals surface area contributed by atoms with Gasteiger partial charge in [-0.25, -0.2) is 0 Å². The lowest BCUT2D eigenvalue weighted by Gasteiger charge is -2.52. The molecular weight excluding hydrogens is 280 g/mol. The van der Waals surface area contributed by atoms with Gasteiger partial charge in [0.25, 0.3) is 5.91 Å². The largest absolute Gasteiger partial charge is 0.449 e. The Hall–Kier alpha value is -1.88. The summed E-state index contributed by atoms with van der Waals surface area (Å²) in [5.74, 6) is 0.768. The van der Waals surface area contributed by atoms with Gasteiger partial charge in [-0.15, -0.1) is 0 Å². The first-order valence-corrected chi connectivity index (χ1v) is 7.97. The molecule has 1 unspecified atom stereocenters. The van der Waals surface area contributed by atoms with Crippen molar-refractivity contribution in [3.8, 4) is 0 Å². The Morgan fingerprint density at radius 1 is 1.36 bits per heavy atom. The van der Waals surface area contributed by atoms with Crippen LogP contribution in [0.1, 0.15) is 36.2 Å². The molecule has 4 rings (SSSR count). The molecule has 2 aliphatic rings. The highest BCUT2D eigenvalue weighted by atomic mass is 16.5. The van der Waals surface area contributed by atoms with Crippen molar-refractivity contribution in [2.24, 2.45) is 11.3 Å². The van der Waals surface area contributed by atoms with Crippen molar-refractivity contribution >= 4 is 17.0 Å². The number of furan rings is 1. The molecule has 1 aliphatic carbocycles. The minimum atomic E-state index is -0.146. The van der Waals surface area contributed by atoms with Crippen LogP contribution in [0.2, 0.25) is 0 Å². The van der Waals surface area contributed by atoms with Crippen LogP contribution in [0.25, 0.3) is 11.1 Å². The normalized spacial score (nSPS) is 23.4. The van der Waals surface area contributed by atoms with Crippen LogP contribution in [0.5, 0.6) is 0 Å². The fourth-order valence-electron chi connectivity index (χ4n) is 3.80. The van der Waals surface area contributed by atoms with Crippen LogP contribution >= 0.6 is 0 Å². The number of carbonyl (C=O) groups is 1. The molecule has 0 radical (unpaired) electrons. The lowest BCUT2D eigenvalue weighted by atomic mass is 9.56. The van der Waals surface area contributed by atoms with Crippen LogP contribution < -0.4 is 5.32 Å². The first-order chi connectivity index (χ1) is 10.8. The Morgan fingerprint density at radius 2 is 2.23 bits per heavy atom. The zero-order valence-corrected chi connectivity index (χ0v) is 12.5. The summed E-state index contributed by atoms with van der Waals surface area (Å²) < 4.78 is 11.0. The van der Waals surface area contributed by atoms with Gasteiger partial charge in [0.2, 0.25) is 0 Å². The molecular formula is C17H20N2O3. The number of nitrogens with one attached hydrogen (secondary N) is 1. The SMILES string of the molecule is O=C(NCC1CCC12CCOCC2)c1cc2ncccc2o1. The first-order valence-electron chi connectivity index (χ1n) is 7.97. The van der Waals surface area contributed by atoms with Gasteiger partial charge in [-0.05, 0) is 49.1 Å². The van der Waals surface area contributed by atoms with E-state index in [0.29, 0.717) is 22.7 Å². The number of carbonyl (C=O) groups excluding carboxylic acids is 1. The van der Waals surface area contributed by atoms with Gasteiger partial charge in [-0.2, -0.15) is 0 Å². The highest BCUT2D eigenvalue weighted by Crippen LogP contribution is 2.53. The maximum atomic E-state index is 12.3. The summed E-state index contributed by atoms with van der Waals surface area (Å²) in [6, 6.07) is 5.33. The molecule has 1 atom stereocenters. The summed E-state index contributed by atoms with van der Waals surface area (Å²) in [6.07, 6.45) is 6.42. The fourth-order valence-corrected chi connectivity index (χ4v) is 3.80. The number of rotatable bonds is 3. The van der Waals surface area contributed by atoms with Crippen molar-refractivity contribution in [1.82, 2.24) is 10.3 Å². The van der Waals surface area contributed by atoms with E-state index in [1.54, 1.807) is 18.3 Å². The molecule has 22 heavy (non-hydrogen) atoms. The van der Waals surface area contributed by atoms with E-state index in [1.807, 2.05) is 6.07 Å². The van der Waals surface area contributed by atoms with Crippen LogP contribution in [0.3, 0.4) is 0 Å². The van der Waals surface area contributed by atoms with E-state index < -0.39 is 0 Å². The average Bonchev–Trinajstić information content (AvgIpc) is 2.99. The van der Waals surface area contributed by atoms with Gasteiger partial charge >= 0.3 is 0 Å². The molecule has 2 aromatic rings. The quantitative estimate of drug-likeness (QED) is 0.946. The highest BCUT2D eigenvalue weighted by Gasteiger charge is 2.47. The van der Waals surface area contributed by atoms with Crippen LogP contribution in [-0.2, 0) is 4.74 Å². The van der Waals surface area contributed by atoms with Gasteiger partial charge < -0.3 is 14.5 Å². The smallest absolute Gasteiger partial charge is 0.287 e. The van der Waals surface area contributed by atoms with Crippen molar-refractivity contribution in [2.45, 2.75) is 25.7 Å². The third kappa shape index (κ3) is 2.29. The van der Waals surface area contributed by atoms with Gasteiger partial charge in [0.05, 0.1) is 0 Å². The molecule has 1 N–H and O–H groups in total. The Bertz CT molecular complexity index is 655. The lowest BCUT2D eigenvalue weighted by molar-refractivity contribution is -0.0738. The van der Waals surface area contributed by atoms with Gasteiger partial charge in [0, 0.05) is 32.0 Å². The molecule has 2 aromatic heterocycles. The second-order valence-corrected chi connectivity index (χ2v) is 6.42. The van der Waals surface area contributed by atoms with E-state index in [0.717, 1.165) is 38.1 Å². The summed E-state index contributed by atoms with van der Waals surface area (Å²) in [7, 11) is 0. The van der Waals surface area contributed by atoms with E-state index in [1.165, 1.54) is 12.8 Å². The Balaban J connectivity index is 1.40. The molecule has 5 nitrogen and oxygen atoms in total. The maximum absolute atomic E-state index is 12.3. The molecule has 0 aromatic carbocycles. The second-order valence-electron chi connectivity index (χ2n) is 6.42. The van der Waals surface area contributed by atoms with Crippen molar-refractivity contribution in [3.63, 3.8) is 0 Å². The molecule has 0 bridgehead atoms. The minimum absolute atomic E-state index is 0.146. The van der Waals surface area contributed by atoms with Crippen molar-refractivity contribution in [3.05, 3.63) is 30.2 Å². The monoisotopic (exact) mass is 300 g/mol. The summed E-state index contributed by atoms with van der Waals surface area (Å²) >= 11 is 0. The Kier molecular flexibility index (Phi) is 3.37. The molecule has 1 aliphatic heterocycles. The molecule has 116 valence electrons. The highest BCUT2D eigenvalue weighted by molar-refractivity contribution is 5.95. The van der Waals surface area contributed by atoms with Crippen LogP contribution in [0, 0.1) is 11.3 Å². The zero-order valence-electron chi connectivity index (χ0n) is 12.5. The van der Waals surface area contributed by atoms with E-state index in [9.17, 15) is 4.79 Å². The van der Waals surface area contributed by atoms with Crippen molar-refractivity contribution in [2.75, 3.05) is 19.8 Å². The van der Waals surface area contributed by atoms with E-state index in [-0.39, 0.29) is 5.91 Å². The minimum Gasteiger partial charge on any atom is -0.449 e. The van der Waals surface area contributed by atoms with Crippen LogP contribution in [0.15, 0.2) is 28.8 Å². The number of fused-ring (bicyclic) bond motifs is 1. The van der Waals surface area contributed by atoms with E-state index >= 15 is 0 Å². The molecule has 1 saturated carbocycles. The van der Waals surface area contributed by atoms with Gasteiger partial charge in [0.1, 0.15) is 5.52 Å². The predicted octanol–water partition coefficient (Wildman–Crippen LogP) is 2.76. The summed E-state index contributed by atoms with van der Waals surface area (Å²) in [4.78, 5) is 16.5. The zero-order chi connectivity index (χ0) is 15.0. The molecule has 1 saturated heterocycles. The van der Waals surface area contributed by atoms with Crippen molar-refractivity contribution < 1.29 is 13.9 Å². The number of nitrogens with zero attached hydrogens (tertiary/aromatic N) is 1. The van der Waals surface area contributed by atoms with Crippen molar-refractivity contribution in [1.29, 1.82) is 0 Å². The summed E-state index contributed by atoms with van der Waals surface area (Å²) in [5, 5.41) is 3.03. The van der Waals surface area contributed by atoms with Gasteiger partial charge in [0.15, 0.2) is 11.3 Å². The summed E-state index contributed by atoms with van der Waals surface area (Å²) in [5.41, 5.74) is 1.77. The van der Waals surface area contributed by atoms with Gasteiger partial charge in [-0.1, -0.05) is 0 Å². The lowest BCUT2D eigenvalue weighted by Crippen LogP contribution is -2.49. The number of hydrogen-bond acceptors (Lipinski definition) is 4. The number of pyridine rings is 1. The van der Waals surface area contributed by atoms with Gasteiger partial charge in [-0.3, -0.25) is 9.78 Å². The Morgan fingerprint density at radius 3 is 2.95 bits per heavy atom. The molecule has 2 fully saturated rings. The second kappa shape index (κ2) is 5.39. The molecule has 1 amide bonds. The topological polar surface area (TPSA) is 64.4 Å². The van der Waals surface area contributed by atoms with Crippen LogP contribution in [0.4, 0.5) is 0 Å². The molecule has 3 heterocycles. The van der Waals surface area contributed by atoms with E-state index in [4.69, 9.17) is 9.15 Å². The predicted molar refractivity (Wildman–Crippen MR) is 81.6 cm³/mol. The number of hydrogen-bond donors (Lipinski definition) is 1. The number of amides is 1. The average molecular weight is 300 g/mol. The third-order valence-corrected chi connectivity index (χ3v) is 5.37. The maximum Gasteiger partial charge on any atom is 0.287 e. The third-order valence-electron chi connectivity index (χ3n) is 5.37. The number of aromatic nitrogens is 1. The Labute approximate surface area is 129 Å². The number of ether oxygens (including phenoxy) is 1. The molecule has 1 spiro atoms. The summed E-state index contributed by atoms with van der Waals surface area (Å²) in [6.45, 7) is 2.45. The first kappa shape index (κ1) is 13.8. The molecule has 5 heteroatoms.